The third-order valence-electron chi connectivity index (χ3n) is 4.10. The normalized spacial score (nSPS) is 15.5. The van der Waals surface area contributed by atoms with Gasteiger partial charge in [-0.2, -0.15) is 5.26 Å². The molecule has 1 aliphatic heterocycles. The van der Waals surface area contributed by atoms with E-state index >= 15 is 0 Å². The second kappa shape index (κ2) is 7.92. The first kappa shape index (κ1) is 18.5. The minimum absolute atomic E-state index is 0.0749. The second-order valence-electron chi connectivity index (χ2n) is 6.19. The number of amides is 1. The second-order valence-corrected chi connectivity index (χ2v) is 6.19. The maximum absolute atomic E-state index is 13.0. The number of fused-ring (bicyclic) bond motifs is 1. The van der Waals surface area contributed by atoms with Crippen LogP contribution >= 0.6 is 0 Å². The van der Waals surface area contributed by atoms with Crippen molar-refractivity contribution >= 4 is 17.7 Å². The predicted molar refractivity (Wildman–Crippen MR) is 100 cm³/mol. The van der Waals surface area contributed by atoms with E-state index in [1.54, 1.807) is 6.07 Å². The van der Waals surface area contributed by atoms with E-state index in [0.717, 1.165) is 17.7 Å². The quantitative estimate of drug-likeness (QED) is 0.639. The van der Waals surface area contributed by atoms with Gasteiger partial charge in [-0.05, 0) is 56.3 Å². The maximum Gasteiger partial charge on any atom is 0.266 e. The van der Waals surface area contributed by atoms with Crippen LogP contribution in [-0.4, -0.2) is 18.6 Å². The van der Waals surface area contributed by atoms with E-state index in [1.165, 1.54) is 30.3 Å². The van der Waals surface area contributed by atoms with Gasteiger partial charge in [-0.25, -0.2) is 4.39 Å². The van der Waals surface area contributed by atoms with Gasteiger partial charge in [0.15, 0.2) is 0 Å². The highest BCUT2D eigenvalue weighted by atomic mass is 19.1. The molecule has 1 heterocycles. The number of nitriles is 1. The van der Waals surface area contributed by atoms with Crippen LogP contribution in [0.2, 0.25) is 0 Å². The molecule has 3 rings (SSSR count). The van der Waals surface area contributed by atoms with Crippen molar-refractivity contribution in [2.45, 2.75) is 26.4 Å². The first-order chi connectivity index (χ1) is 13.0. The Morgan fingerprint density at radius 3 is 2.81 bits per heavy atom. The molecule has 6 heteroatoms. The van der Waals surface area contributed by atoms with E-state index in [9.17, 15) is 14.4 Å². The Morgan fingerprint density at radius 1 is 1.41 bits per heavy atom. The summed E-state index contributed by atoms with van der Waals surface area (Å²) in [4.78, 5) is 12.4. The molecule has 2 aromatic carbocycles. The van der Waals surface area contributed by atoms with Gasteiger partial charge in [0.05, 0.1) is 6.61 Å². The van der Waals surface area contributed by atoms with Gasteiger partial charge in [0.1, 0.15) is 35.1 Å². The number of nitrogens with zero attached hydrogens (tertiary/aromatic N) is 1. The molecule has 2 aromatic rings. The highest BCUT2D eigenvalue weighted by Gasteiger charge is 2.22. The monoisotopic (exact) mass is 366 g/mol. The summed E-state index contributed by atoms with van der Waals surface area (Å²) in [7, 11) is 0. The zero-order valence-electron chi connectivity index (χ0n) is 15.1. The van der Waals surface area contributed by atoms with Crippen LogP contribution < -0.4 is 14.8 Å². The molecule has 138 valence electrons. The summed E-state index contributed by atoms with van der Waals surface area (Å²) in [5, 5.41) is 12.0. The largest absolute Gasteiger partial charge is 0.493 e. The summed E-state index contributed by atoms with van der Waals surface area (Å²) < 4.78 is 24.4. The van der Waals surface area contributed by atoms with Crippen LogP contribution in [0.5, 0.6) is 11.5 Å². The number of rotatable bonds is 5. The van der Waals surface area contributed by atoms with E-state index < -0.39 is 11.7 Å². The Kier molecular flexibility index (Phi) is 5.41. The van der Waals surface area contributed by atoms with Crippen LogP contribution in [0.25, 0.3) is 6.08 Å². The Labute approximate surface area is 157 Å². The lowest BCUT2D eigenvalue weighted by Gasteiger charge is -2.11. The lowest BCUT2D eigenvalue weighted by atomic mass is 10.0. The molecule has 0 spiro atoms. The summed E-state index contributed by atoms with van der Waals surface area (Å²) in [6.45, 7) is 4.30. The van der Waals surface area contributed by atoms with Gasteiger partial charge in [-0.1, -0.05) is 0 Å². The molecule has 0 aliphatic carbocycles. The average molecular weight is 366 g/mol. The van der Waals surface area contributed by atoms with Crippen molar-refractivity contribution in [2.24, 2.45) is 0 Å². The minimum atomic E-state index is -0.582. The molecule has 0 fully saturated rings. The number of carbonyl (C=O) groups is 1. The minimum Gasteiger partial charge on any atom is -0.493 e. The molecule has 27 heavy (non-hydrogen) atoms. The van der Waals surface area contributed by atoms with Crippen LogP contribution in [0.3, 0.4) is 0 Å². The standard InChI is InChI=1S/C21H19FN2O3/c1-3-26-19-10-14-8-13(2)27-20(14)11-15(19)9-16(12-23)21(25)24-18-6-4-17(22)5-7-18/h4-7,9-11,13H,3,8H2,1-2H3,(H,24,25)/b16-9+. The van der Waals surface area contributed by atoms with Gasteiger partial charge >= 0.3 is 0 Å². The summed E-state index contributed by atoms with van der Waals surface area (Å²) in [6.07, 6.45) is 2.33. The zero-order valence-corrected chi connectivity index (χ0v) is 15.1. The van der Waals surface area contributed by atoms with Gasteiger partial charge in [0, 0.05) is 23.2 Å². The lowest BCUT2D eigenvalue weighted by Crippen LogP contribution is -2.13. The van der Waals surface area contributed by atoms with Gasteiger partial charge in [0.25, 0.3) is 5.91 Å². The molecule has 1 unspecified atom stereocenters. The molecule has 0 saturated carbocycles. The first-order valence-corrected chi connectivity index (χ1v) is 8.65. The highest BCUT2D eigenvalue weighted by Crippen LogP contribution is 2.36. The van der Waals surface area contributed by atoms with E-state index in [1.807, 2.05) is 26.0 Å². The van der Waals surface area contributed by atoms with Crippen molar-refractivity contribution < 1.29 is 18.7 Å². The van der Waals surface area contributed by atoms with Crippen molar-refractivity contribution in [3.8, 4) is 17.6 Å². The van der Waals surface area contributed by atoms with Crippen molar-refractivity contribution in [3.63, 3.8) is 0 Å². The van der Waals surface area contributed by atoms with Crippen molar-refractivity contribution in [1.29, 1.82) is 5.26 Å². The molecular weight excluding hydrogens is 347 g/mol. The first-order valence-electron chi connectivity index (χ1n) is 8.65. The number of ether oxygens (including phenoxy) is 2. The predicted octanol–water partition coefficient (Wildman–Crippen LogP) is 4.09. The maximum atomic E-state index is 13.0. The fourth-order valence-corrected chi connectivity index (χ4v) is 2.88. The van der Waals surface area contributed by atoms with E-state index in [0.29, 0.717) is 23.6 Å². The topological polar surface area (TPSA) is 71.3 Å². The number of anilines is 1. The zero-order chi connectivity index (χ0) is 19.4. The van der Waals surface area contributed by atoms with E-state index in [4.69, 9.17) is 9.47 Å². The van der Waals surface area contributed by atoms with Crippen LogP contribution in [0.15, 0.2) is 42.0 Å². The van der Waals surface area contributed by atoms with Gasteiger partial charge in [0.2, 0.25) is 0 Å². The fourth-order valence-electron chi connectivity index (χ4n) is 2.88. The van der Waals surface area contributed by atoms with Crippen LogP contribution in [0.4, 0.5) is 10.1 Å². The van der Waals surface area contributed by atoms with Crippen LogP contribution in [0, 0.1) is 17.1 Å². The van der Waals surface area contributed by atoms with E-state index in [2.05, 4.69) is 5.32 Å². The number of nitrogens with one attached hydrogen (secondary N) is 1. The molecule has 0 aromatic heterocycles. The van der Waals surface area contributed by atoms with Crippen molar-refractivity contribution in [3.05, 3.63) is 58.9 Å². The molecular formula is C21H19FN2O3. The van der Waals surface area contributed by atoms with Gasteiger partial charge in [-0.15, -0.1) is 0 Å². The van der Waals surface area contributed by atoms with Gasteiger partial charge in [-0.3, -0.25) is 4.79 Å². The molecule has 0 saturated heterocycles. The van der Waals surface area contributed by atoms with E-state index in [-0.39, 0.29) is 11.7 Å². The van der Waals surface area contributed by atoms with Gasteiger partial charge < -0.3 is 14.8 Å². The van der Waals surface area contributed by atoms with Crippen LogP contribution in [0.1, 0.15) is 25.0 Å². The average Bonchev–Trinajstić information content (AvgIpc) is 3.00. The lowest BCUT2D eigenvalue weighted by molar-refractivity contribution is -0.112. The highest BCUT2D eigenvalue weighted by molar-refractivity contribution is 6.09. The summed E-state index contributed by atoms with van der Waals surface area (Å²) in [5.74, 6) is 0.337. The molecule has 1 atom stereocenters. The Balaban J connectivity index is 1.90. The number of benzene rings is 2. The van der Waals surface area contributed by atoms with Crippen molar-refractivity contribution in [1.82, 2.24) is 0 Å². The Morgan fingerprint density at radius 2 is 2.15 bits per heavy atom. The molecule has 1 aliphatic rings. The third-order valence-corrected chi connectivity index (χ3v) is 4.10. The number of carbonyl (C=O) groups excluding carboxylic acids is 1. The summed E-state index contributed by atoms with van der Waals surface area (Å²) in [5.41, 5.74) is 1.94. The molecule has 5 nitrogen and oxygen atoms in total. The third kappa shape index (κ3) is 4.26. The number of hydrogen-bond donors (Lipinski definition) is 1. The number of hydrogen-bond acceptors (Lipinski definition) is 4. The fraction of sp³-hybridized carbons (Fsp3) is 0.238. The smallest absolute Gasteiger partial charge is 0.266 e. The molecule has 0 bridgehead atoms. The van der Waals surface area contributed by atoms with Crippen LogP contribution in [-0.2, 0) is 11.2 Å². The SMILES string of the molecule is CCOc1cc2c(cc1/C=C(\C#N)C(=O)Nc1ccc(F)cc1)OC(C)C2. The van der Waals surface area contributed by atoms with Crippen molar-refractivity contribution in [2.75, 3.05) is 11.9 Å². The molecule has 1 N–H and O–H groups in total. The molecule has 1 amide bonds. The number of halogens is 1. The Bertz CT molecular complexity index is 930. The molecule has 0 radical (unpaired) electrons. The summed E-state index contributed by atoms with van der Waals surface area (Å²) >= 11 is 0. The Hall–Kier alpha value is -3.33. The summed E-state index contributed by atoms with van der Waals surface area (Å²) in [6, 6.07) is 10.9.